The van der Waals surface area contributed by atoms with Crippen molar-refractivity contribution >= 4 is 5.97 Å². The number of hydrogen-bond donors (Lipinski definition) is 1. The van der Waals surface area contributed by atoms with Gasteiger partial charge < -0.3 is 14.6 Å². The Labute approximate surface area is 107 Å². The minimum atomic E-state index is -6.39. The highest BCUT2D eigenvalue weighted by Gasteiger charge is 2.74. The van der Waals surface area contributed by atoms with Gasteiger partial charge in [0.1, 0.15) is 12.7 Å². The lowest BCUT2D eigenvalue weighted by Gasteiger charge is -2.30. The molecule has 1 atom stereocenters. The Bertz CT molecular complexity index is 335. The molecule has 0 fully saturated rings. The van der Waals surface area contributed by atoms with Crippen LogP contribution in [0.1, 0.15) is 0 Å². The predicted octanol–water partition coefficient (Wildman–Crippen LogP) is 1.88. The number of carbonyl (C=O) groups excluding carboxylic acids is 1. The van der Waals surface area contributed by atoms with Crippen molar-refractivity contribution in [3.63, 3.8) is 0 Å². The molecule has 0 saturated carbocycles. The van der Waals surface area contributed by atoms with E-state index in [9.17, 15) is 35.5 Å². The number of halogens is 7. The van der Waals surface area contributed by atoms with Crippen molar-refractivity contribution in [2.45, 2.75) is 24.3 Å². The van der Waals surface area contributed by atoms with Crippen LogP contribution in [0, 0.1) is 0 Å². The largest absolute Gasteiger partial charge is 0.460 e. The van der Waals surface area contributed by atoms with Gasteiger partial charge in [-0.05, 0) is 0 Å². The summed E-state index contributed by atoms with van der Waals surface area (Å²) < 4.78 is 92.3. The Kier molecular flexibility index (Phi) is 5.96. The molecule has 4 nitrogen and oxygen atoms in total. The van der Waals surface area contributed by atoms with Crippen LogP contribution in [0.4, 0.5) is 30.7 Å². The molecule has 0 aliphatic rings. The highest BCUT2D eigenvalue weighted by atomic mass is 19.4. The minimum absolute atomic E-state index is 0.637. The Morgan fingerprint density at radius 2 is 1.55 bits per heavy atom. The quantitative estimate of drug-likeness (QED) is 0.462. The Hall–Kier alpha value is -1.36. The number of aliphatic hydroxyl groups excluding tert-OH is 1. The van der Waals surface area contributed by atoms with Gasteiger partial charge in [0.25, 0.3) is 0 Å². The van der Waals surface area contributed by atoms with Crippen molar-refractivity contribution in [3.8, 4) is 0 Å². The van der Waals surface area contributed by atoms with Crippen molar-refractivity contribution in [3.05, 3.63) is 12.7 Å². The van der Waals surface area contributed by atoms with Gasteiger partial charge in [-0.15, -0.1) is 0 Å². The van der Waals surface area contributed by atoms with Gasteiger partial charge in [0, 0.05) is 6.08 Å². The van der Waals surface area contributed by atoms with Gasteiger partial charge in [0.05, 0.1) is 6.61 Å². The molecule has 0 heterocycles. The van der Waals surface area contributed by atoms with Gasteiger partial charge in [-0.1, -0.05) is 6.58 Å². The number of hydrogen-bond acceptors (Lipinski definition) is 4. The van der Waals surface area contributed by atoms with Crippen LogP contribution in [-0.2, 0) is 14.3 Å². The zero-order valence-corrected chi connectivity index (χ0v) is 9.59. The van der Waals surface area contributed by atoms with E-state index in [1.807, 2.05) is 0 Å². The number of esters is 1. The van der Waals surface area contributed by atoms with Crippen LogP contribution in [0.2, 0.25) is 0 Å². The summed E-state index contributed by atoms with van der Waals surface area (Å²) in [5.41, 5.74) is 0. The fraction of sp³-hybridized carbons (Fsp3) is 0.667. The zero-order valence-electron chi connectivity index (χ0n) is 9.59. The third-order valence-corrected chi connectivity index (χ3v) is 1.79. The maximum Gasteiger partial charge on any atom is 0.458 e. The molecule has 0 aromatic carbocycles. The normalized spacial score (nSPS) is 14.8. The first-order valence-electron chi connectivity index (χ1n) is 4.78. The van der Waals surface area contributed by atoms with E-state index < -0.39 is 43.5 Å². The van der Waals surface area contributed by atoms with Crippen LogP contribution in [0.15, 0.2) is 12.7 Å². The van der Waals surface area contributed by atoms with Crippen molar-refractivity contribution in [1.82, 2.24) is 0 Å². The molecule has 1 N–H and O–H groups in total. The van der Waals surface area contributed by atoms with E-state index in [2.05, 4.69) is 16.1 Å². The maximum atomic E-state index is 12.9. The van der Waals surface area contributed by atoms with E-state index in [1.54, 1.807) is 0 Å². The number of carbonyl (C=O) groups is 1. The van der Waals surface area contributed by atoms with E-state index >= 15 is 0 Å². The van der Waals surface area contributed by atoms with Gasteiger partial charge in [0.2, 0.25) is 0 Å². The molecule has 0 aliphatic heterocycles. The smallest absolute Gasteiger partial charge is 0.458 e. The molecule has 118 valence electrons. The number of rotatable bonds is 6. The van der Waals surface area contributed by atoms with Gasteiger partial charge in [0.15, 0.2) is 0 Å². The lowest BCUT2D eigenvalue weighted by atomic mass is 10.3. The summed E-state index contributed by atoms with van der Waals surface area (Å²) >= 11 is 0. The topological polar surface area (TPSA) is 55.8 Å². The summed E-state index contributed by atoms with van der Waals surface area (Å²) in [6, 6.07) is 0. The molecule has 0 radical (unpaired) electrons. The Morgan fingerprint density at radius 1 is 1.10 bits per heavy atom. The molecule has 0 aliphatic carbocycles. The first-order chi connectivity index (χ1) is 8.85. The SMILES string of the molecule is C=CC(=O)OCC(O)COC(F)(C(F)(F)F)C(F)(F)F. The molecule has 0 spiro atoms. The van der Waals surface area contributed by atoms with Crippen molar-refractivity contribution in [1.29, 1.82) is 0 Å². The lowest BCUT2D eigenvalue weighted by molar-refractivity contribution is -0.432. The van der Waals surface area contributed by atoms with Crippen LogP contribution in [-0.4, -0.2) is 48.6 Å². The van der Waals surface area contributed by atoms with Gasteiger partial charge in [-0.3, -0.25) is 0 Å². The molecule has 11 heteroatoms. The molecular formula is C9H9F7O4. The van der Waals surface area contributed by atoms with E-state index in [-0.39, 0.29) is 0 Å². The average Bonchev–Trinajstić information content (AvgIpc) is 2.29. The molecule has 0 amide bonds. The Morgan fingerprint density at radius 3 is 1.90 bits per heavy atom. The monoisotopic (exact) mass is 314 g/mol. The molecular weight excluding hydrogens is 305 g/mol. The summed E-state index contributed by atoms with van der Waals surface area (Å²) in [7, 11) is 0. The molecule has 20 heavy (non-hydrogen) atoms. The average molecular weight is 314 g/mol. The van der Waals surface area contributed by atoms with Crippen molar-refractivity contribution in [2.24, 2.45) is 0 Å². The second kappa shape index (κ2) is 6.39. The van der Waals surface area contributed by atoms with Crippen LogP contribution in [0.5, 0.6) is 0 Å². The first-order valence-corrected chi connectivity index (χ1v) is 4.78. The van der Waals surface area contributed by atoms with E-state index in [0.717, 1.165) is 0 Å². The lowest BCUT2D eigenvalue weighted by Crippen LogP contribution is -2.56. The molecule has 0 saturated heterocycles. The predicted molar refractivity (Wildman–Crippen MR) is 49.1 cm³/mol. The summed E-state index contributed by atoms with van der Waals surface area (Å²) in [6.45, 7) is 0.260. The van der Waals surface area contributed by atoms with Crippen molar-refractivity contribution in [2.75, 3.05) is 13.2 Å². The molecule has 0 bridgehead atoms. The highest BCUT2D eigenvalue weighted by Crippen LogP contribution is 2.46. The van der Waals surface area contributed by atoms with Crippen molar-refractivity contribution < 1.29 is 50.1 Å². The van der Waals surface area contributed by atoms with Crippen LogP contribution in [0.3, 0.4) is 0 Å². The summed E-state index contributed by atoms with van der Waals surface area (Å²) in [5, 5.41) is 8.95. The third kappa shape index (κ3) is 4.63. The summed E-state index contributed by atoms with van der Waals surface area (Å²) in [5.74, 6) is -7.01. The molecule has 1 unspecified atom stereocenters. The van der Waals surface area contributed by atoms with Crippen LogP contribution < -0.4 is 0 Å². The minimum Gasteiger partial charge on any atom is -0.460 e. The van der Waals surface area contributed by atoms with Gasteiger partial charge >= 0.3 is 24.2 Å². The maximum absolute atomic E-state index is 12.9. The highest BCUT2D eigenvalue weighted by molar-refractivity contribution is 5.81. The molecule has 0 aromatic heterocycles. The molecule has 0 rings (SSSR count). The number of aliphatic hydroxyl groups is 1. The fourth-order valence-electron chi connectivity index (χ4n) is 0.821. The number of ether oxygens (including phenoxy) is 2. The second-order valence-corrected chi connectivity index (χ2v) is 3.39. The molecule has 0 aromatic rings. The Balaban J connectivity index is 4.65. The van der Waals surface area contributed by atoms with E-state index in [4.69, 9.17) is 5.11 Å². The van der Waals surface area contributed by atoms with Gasteiger partial charge in [-0.25, -0.2) is 4.79 Å². The zero-order chi connectivity index (χ0) is 16.2. The summed E-state index contributed by atoms with van der Waals surface area (Å²) in [4.78, 5) is 10.5. The second-order valence-electron chi connectivity index (χ2n) is 3.39. The van der Waals surface area contributed by atoms with E-state index in [0.29, 0.717) is 6.08 Å². The van der Waals surface area contributed by atoms with E-state index in [1.165, 1.54) is 0 Å². The first kappa shape index (κ1) is 18.6. The third-order valence-electron chi connectivity index (χ3n) is 1.79. The van der Waals surface area contributed by atoms with Crippen LogP contribution >= 0.6 is 0 Å². The van der Waals surface area contributed by atoms with Crippen LogP contribution in [0.25, 0.3) is 0 Å². The fourth-order valence-corrected chi connectivity index (χ4v) is 0.821. The standard InChI is InChI=1S/C9H9F7O4/c1-2-6(18)19-3-5(17)4-20-7(10,8(11,12)13)9(14,15)16/h2,5,17H,1,3-4H2. The van der Waals surface area contributed by atoms with Gasteiger partial charge in [-0.2, -0.15) is 30.7 Å². The summed E-state index contributed by atoms with van der Waals surface area (Å²) in [6.07, 6.45) is -14.2. The number of alkyl halides is 7.